The molecule has 14 heavy (non-hydrogen) atoms. The molecule has 0 heterocycles. The molecule has 0 aliphatic heterocycles. The van der Waals surface area contributed by atoms with Crippen LogP contribution in [-0.4, -0.2) is 28.0 Å². The Bertz CT molecular complexity index is 186. The van der Waals surface area contributed by atoms with Gasteiger partial charge in [-0.05, 0) is 25.7 Å². The van der Waals surface area contributed by atoms with Crippen molar-refractivity contribution in [3.8, 4) is 0 Å². The highest BCUT2D eigenvalue weighted by Gasteiger charge is 2.18. The summed E-state index contributed by atoms with van der Waals surface area (Å²) in [5.74, 6) is 0. The molecule has 2 N–H and O–H groups in total. The van der Waals surface area contributed by atoms with Crippen LogP contribution < -0.4 is 0 Å². The lowest BCUT2D eigenvalue weighted by molar-refractivity contribution is 0.509. The van der Waals surface area contributed by atoms with Crippen molar-refractivity contribution in [2.24, 2.45) is 0 Å². The van der Waals surface area contributed by atoms with Crippen LogP contribution in [-0.2, 0) is 22.2 Å². The molecule has 0 amide bonds. The van der Waals surface area contributed by atoms with Gasteiger partial charge in [0, 0.05) is 0 Å². The van der Waals surface area contributed by atoms with Gasteiger partial charge in [0.2, 0.25) is 0 Å². The highest BCUT2D eigenvalue weighted by atomic mass is 32.2. The fourth-order valence-electron chi connectivity index (χ4n) is 1.27. The number of hydrogen-bond donors (Lipinski definition) is 2. The minimum Gasteiger partial charge on any atom is -0.306 e. The largest absolute Gasteiger partial charge is 0.306 e. The second-order valence-electron chi connectivity index (χ2n) is 3.19. The van der Waals surface area contributed by atoms with Gasteiger partial charge >= 0.3 is 0 Å². The second-order valence-corrected chi connectivity index (χ2v) is 5.63. The standard InChI is InChI=1S/C8H18O4S2/c1-3-7(13(9)10)5-6-8(4-2)14(11)12/h7-8H,3-6H2,1-2H3,(H,9,10)(H,11,12). The lowest BCUT2D eigenvalue weighted by Gasteiger charge is -2.14. The van der Waals surface area contributed by atoms with Crippen molar-refractivity contribution in [1.29, 1.82) is 0 Å². The summed E-state index contributed by atoms with van der Waals surface area (Å²) in [6, 6.07) is 0. The van der Waals surface area contributed by atoms with Gasteiger partial charge in [-0.1, -0.05) is 13.8 Å². The molecule has 0 bridgehead atoms. The molecule has 0 saturated carbocycles. The Morgan fingerprint density at radius 3 is 1.36 bits per heavy atom. The fraction of sp³-hybridized carbons (Fsp3) is 1.00. The summed E-state index contributed by atoms with van der Waals surface area (Å²) in [4.78, 5) is 0. The summed E-state index contributed by atoms with van der Waals surface area (Å²) in [7, 11) is 0. The zero-order valence-electron chi connectivity index (χ0n) is 8.51. The fourth-order valence-corrected chi connectivity index (χ4v) is 2.51. The molecule has 0 radical (unpaired) electrons. The summed E-state index contributed by atoms with van der Waals surface area (Å²) >= 11 is -3.63. The molecule has 86 valence electrons. The van der Waals surface area contributed by atoms with Gasteiger partial charge in [-0.15, -0.1) is 0 Å². The summed E-state index contributed by atoms with van der Waals surface area (Å²) < 4.78 is 39.3. The molecule has 0 aromatic rings. The maximum Gasteiger partial charge on any atom is 0.155 e. The quantitative estimate of drug-likeness (QED) is 0.667. The van der Waals surface area contributed by atoms with Crippen LogP contribution in [0.4, 0.5) is 0 Å². The minimum absolute atomic E-state index is 0.271. The Labute approximate surface area is 90.0 Å². The zero-order chi connectivity index (χ0) is 11.1. The molecule has 0 fully saturated rings. The van der Waals surface area contributed by atoms with Crippen LogP contribution in [0.1, 0.15) is 39.5 Å². The Morgan fingerprint density at radius 1 is 0.929 bits per heavy atom. The van der Waals surface area contributed by atoms with Gasteiger partial charge in [0.05, 0.1) is 10.5 Å². The highest BCUT2D eigenvalue weighted by molar-refractivity contribution is 7.80. The van der Waals surface area contributed by atoms with Gasteiger partial charge in [-0.25, -0.2) is 8.42 Å². The molecule has 0 aliphatic rings. The first kappa shape index (κ1) is 14.2. The third-order valence-electron chi connectivity index (χ3n) is 2.29. The third kappa shape index (κ3) is 5.19. The van der Waals surface area contributed by atoms with E-state index >= 15 is 0 Å². The maximum absolute atomic E-state index is 10.8. The molecule has 4 nitrogen and oxygen atoms in total. The highest BCUT2D eigenvalue weighted by Crippen LogP contribution is 2.14. The van der Waals surface area contributed by atoms with Gasteiger partial charge in [0.25, 0.3) is 0 Å². The average Bonchev–Trinajstić information content (AvgIpc) is 2.11. The Balaban J connectivity index is 4.00. The van der Waals surface area contributed by atoms with E-state index in [0.29, 0.717) is 25.7 Å². The third-order valence-corrected chi connectivity index (χ3v) is 4.57. The van der Waals surface area contributed by atoms with E-state index < -0.39 is 22.2 Å². The molecular weight excluding hydrogens is 224 g/mol. The molecule has 0 aliphatic carbocycles. The Hall–Kier alpha value is 0.220. The van der Waals surface area contributed by atoms with E-state index in [1.807, 2.05) is 13.8 Å². The monoisotopic (exact) mass is 242 g/mol. The molecule has 0 spiro atoms. The van der Waals surface area contributed by atoms with Gasteiger partial charge in [-0.3, -0.25) is 0 Å². The van der Waals surface area contributed by atoms with E-state index in [0.717, 1.165) is 0 Å². The topological polar surface area (TPSA) is 74.6 Å². The maximum atomic E-state index is 10.8. The van der Waals surface area contributed by atoms with Crippen molar-refractivity contribution in [3.05, 3.63) is 0 Å². The predicted molar refractivity (Wildman–Crippen MR) is 58.9 cm³/mol. The van der Waals surface area contributed by atoms with Crippen molar-refractivity contribution in [3.63, 3.8) is 0 Å². The average molecular weight is 242 g/mol. The second kappa shape index (κ2) is 7.50. The van der Waals surface area contributed by atoms with E-state index in [-0.39, 0.29) is 10.5 Å². The van der Waals surface area contributed by atoms with E-state index in [2.05, 4.69) is 0 Å². The number of rotatable bonds is 7. The summed E-state index contributed by atoms with van der Waals surface area (Å²) in [6.45, 7) is 3.69. The molecule has 0 saturated heterocycles. The van der Waals surface area contributed by atoms with Crippen molar-refractivity contribution in [1.82, 2.24) is 0 Å². The first-order valence-corrected chi connectivity index (χ1v) is 7.06. The van der Waals surface area contributed by atoms with Crippen molar-refractivity contribution < 1.29 is 17.5 Å². The first-order chi connectivity index (χ1) is 6.52. The van der Waals surface area contributed by atoms with Gasteiger partial charge < -0.3 is 9.11 Å². The molecule has 6 heteroatoms. The minimum atomic E-state index is -1.82. The first-order valence-electron chi connectivity index (χ1n) is 4.72. The van der Waals surface area contributed by atoms with Gasteiger partial charge in [0.15, 0.2) is 22.2 Å². The zero-order valence-corrected chi connectivity index (χ0v) is 10.1. The smallest absolute Gasteiger partial charge is 0.155 e. The van der Waals surface area contributed by atoms with Gasteiger partial charge in [-0.2, -0.15) is 0 Å². The van der Waals surface area contributed by atoms with Crippen LogP contribution >= 0.6 is 0 Å². The predicted octanol–water partition coefficient (Wildman–Crippen LogP) is 1.77. The molecule has 4 atom stereocenters. The summed E-state index contributed by atoms with van der Waals surface area (Å²) in [5.41, 5.74) is 0. The Kier molecular flexibility index (Phi) is 7.62. The van der Waals surface area contributed by atoms with E-state index in [4.69, 9.17) is 9.11 Å². The van der Waals surface area contributed by atoms with Crippen LogP contribution in [0.25, 0.3) is 0 Å². The van der Waals surface area contributed by atoms with Gasteiger partial charge in [0.1, 0.15) is 0 Å². The van der Waals surface area contributed by atoms with E-state index in [1.165, 1.54) is 0 Å². The Morgan fingerprint density at radius 2 is 1.21 bits per heavy atom. The molecule has 0 aromatic carbocycles. The molecule has 0 rings (SSSR count). The van der Waals surface area contributed by atoms with Crippen LogP contribution in [0, 0.1) is 0 Å². The van der Waals surface area contributed by atoms with Crippen LogP contribution in [0.3, 0.4) is 0 Å². The van der Waals surface area contributed by atoms with Crippen LogP contribution in [0.2, 0.25) is 0 Å². The van der Waals surface area contributed by atoms with Crippen molar-refractivity contribution in [2.75, 3.05) is 0 Å². The lowest BCUT2D eigenvalue weighted by Crippen LogP contribution is -2.19. The van der Waals surface area contributed by atoms with Crippen LogP contribution in [0.5, 0.6) is 0 Å². The van der Waals surface area contributed by atoms with Crippen LogP contribution in [0.15, 0.2) is 0 Å². The van der Waals surface area contributed by atoms with Crippen molar-refractivity contribution in [2.45, 2.75) is 50.0 Å². The van der Waals surface area contributed by atoms with E-state index in [1.54, 1.807) is 0 Å². The van der Waals surface area contributed by atoms with Crippen molar-refractivity contribution >= 4 is 22.2 Å². The molecule has 0 aromatic heterocycles. The summed E-state index contributed by atoms with van der Waals surface area (Å²) in [5, 5.41) is -0.541. The summed E-state index contributed by atoms with van der Waals surface area (Å²) in [6.07, 6.45) is 2.31. The SMILES string of the molecule is CCC(CCC(CC)S(=O)O)S(=O)O. The molecule has 4 unspecified atom stereocenters. The molecular formula is C8H18O4S2. The normalized spacial score (nSPS) is 20.0. The lowest BCUT2D eigenvalue weighted by atomic mass is 10.1. The number of hydrogen-bond acceptors (Lipinski definition) is 2. The van der Waals surface area contributed by atoms with E-state index in [9.17, 15) is 8.42 Å².